The molecule has 14 heavy (non-hydrogen) atoms. The lowest BCUT2D eigenvalue weighted by Gasteiger charge is -2.02. The molecule has 1 aromatic rings. The lowest BCUT2D eigenvalue weighted by atomic mass is 10.3. The van der Waals surface area contributed by atoms with Gasteiger partial charge in [0.05, 0.1) is 0 Å². The number of thioether (sulfide) groups is 1. The van der Waals surface area contributed by atoms with Gasteiger partial charge < -0.3 is 5.11 Å². The average molecular weight is 222 g/mol. The molecule has 0 saturated heterocycles. The van der Waals surface area contributed by atoms with Crippen molar-refractivity contribution in [1.29, 1.82) is 0 Å². The van der Waals surface area contributed by atoms with Crippen molar-refractivity contribution in [1.82, 2.24) is 0 Å². The van der Waals surface area contributed by atoms with Gasteiger partial charge in [0.2, 0.25) is 5.50 Å². The minimum atomic E-state index is -2.18. The smallest absolute Gasteiger partial charge is 0.349 e. The zero-order chi connectivity index (χ0) is 10.7. The normalized spacial score (nSPS) is 12.5. The zero-order valence-electron chi connectivity index (χ0n) is 6.71. The standard InChI is InChI=1S/C8H5F3O2S/c9-5-2-1-4(3-6(5)10)14-7(11)8(12)13/h1-3,7H,(H,12,13). The molecule has 0 bridgehead atoms. The van der Waals surface area contributed by atoms with Gasteiger partial charge in [-0.05, 0) is 18.2 Å². The molecule has 0 fully saturated rings. The fraction of sp³-hybridized carbons (Fsp3) is 0.125. The van der Waals surface area contributed by atoms with Gasteiger partial charge in [-0.2, -0.15) is 0 Å². The summed E-state index contributed by atoms with van der Waals surface area (Å²) >= 11 is 0.302. The minimum absolute atomic E-state index is 0.0267. The van der Waals surface area contributed by atoms with Gasteiger partial charge >= 0.3 is 5.97 Å². The number of carboxylic acids is 1. The van der Waals surface area contributed by atoms with Gasteiger partial charge in [-0.25, -0.2) is 18.0 Å². The van der Waals surface area contributed by atoms with Crippen molar-refractivity contribution in [3.8, 4) is 0 Å². The number of aliphatic carboxylic acids is 1. The molecule has 0 aromatic heterocycles. The predicted octanol–water partition coefficient (Wildman–Crippen LogP) is 2.44. The Hall–Kier alpha value is -1.17. The summed E-state index contributed by atoms with van der Waals surface area (Å²) in [5, 5.41) is 8.20. The van der Waals surface area contributed by atoms with Crippen LogP contribution in [0.2, 0.25) is 0 Å². The summed E-state index contributed by atoms with van der Waals surface area (Å²) in [5.74, 6) is -3.84. The summed E-state index contributed by atoms with van der Waals surface area (Å²) in [4.78, 5) is 10.1. The van der Waals surface area contributed by atoms with Crippen LogP contribution in [0.4, 0.5) is 13.2 Å². The molecule has 0 heterocycles. The van der Waals surface area contributed by atoms with Crippen molar-refractivity contribution in [2.75, 3.05) is 0 Å². The van der Waals surface area contributed by atoms with Gasteiger partial charge in [0.25, 0.3) is 0 Å². The van der Waals surface area contributed by atoms with Crippen molar-refractivity contribution in [2.45, 2.75) is 10.4 Å². The van der Waals surface area contributed by atoms with Crippen LogP contribution in [0.15, 0.2) is 23.1 Å². The van der Waals surface area contributed by atoms with Crippen LogP contribution in [0.1, 0.15) is 0 Å². The Morgan fingerprint density at radius 3 is 2.50 bits per heavy atom. The molecule has 0 amide bonds. The largest absolute Gasteiger partial charge is 0.478 e. The first-order chi connectivity index (χ1) is 6.50. The van der Waals surface area contributed by atoms with Gasteiger partial charge in [-0.1, -0.05) is 11.8 Å². The van der Waals surface area contributed by atoms with E-state index in [-0.39, 0.29) is 4.90 Å². The Bertz CT molecular complexity index is 356. The maximum Gasteiger partial charge on any atom is 0.349 e. The summed E-state index contributed by atoms with van der Waals surface area (Å²) in [6, 6.07) is 2.67. The Kier molecular flexibility index (Phi) is 3.40. The zero-order valence-corrected chi connectivity index (χ0v) is 7.52. The third-order valence-electron chi connectivity index (χ3n) is 1.32. The van der Waals surface area contributed by atoms with E-state index in [0.717, 1.165) is 18.2 Å². The van der Waals surface area contributed by atoms with Crippen molar-refractivity contribution in [3.63, 3.8) is 0 Å². The maximum atomic E-state index is 12.6. The number of hydrogen-bond acceptors (Lipinski definition) is 2. The van der Waals surface area contributed by atoms with Crippen molar-refractivity contribution < 1.29 is 23.1 Å². The highest BCUT2D eigenvalue weighted by molar-refractivity contribution is 8.00. The summed E-state index contributed by atoms with van der Waals surface area (Å²) in [6.45, 7) is 0. The molecule has 1 N–H and O–H groups in total. The second kappa shape index (κ2) is 4.36. The van der Waals surface area contributed by atoms with E-state index in [2.05, 4.69) is 0 Å². The lowest BCUT2D eigenvalue weighted by molar-refractivity contribution is -0.139. The van der Waals surface area contributed by atoms with Crippen LogP contribution in [0.3, 0.4) is 0 Å². The fourth-order valence-corrected chi connectivity index (χ4v) is 1.38. The molecule has 76 valence electrons. The predicted molar refractivity (Wildman–Crippen MR) is 44.7 cm³/mol. The molecule has 0 spiro atoms. The first-order valence-corrected chi connectivity index (χ1v) is 4.37. The van der Waals surface area contributed by atoms with Crippen molar-refractivity contribution in [2.24, 2.45) is 0 Å². The summed E-state index contributed by atoms with van der Waals surface area (Å²) in [6.07, 6.45) is 0. The minimum Gasteiger partial charge on any atom is -0.478 e. The summed E-state index contributed by atoms with van der Waals surface area (Å²) < 4.78 is 37.6. The monoisotopic (exact) mass is 222 g/mol. The van der Waals surface area contributed by atoms with Crippen LogP contribution in [0.25, 0.3) is 0 Å². The van der Waals surface area contributed by atoms with E-state index in [1.165, 1.54) is 0 Å². The molecule has 0 aliphatic rings. The number of alkyl halides is 1. The van der Waals surface area contributed by atoms with Crippen LogP contribution in [-0.4, -0.2) is 16.6 Å². The van der Waals surface area contributed by atoms with Gasteiger partial charge in [0.1, 0.15) is 0 Å². The summed E-state index contributed by atoms with van der Waals surface area (Å²) in [7, 11) is 0. The molecule has 1 atom stereocenters. The molecule has 0 radical (unpaired) electrons. The van der Waals surface area contributed by atoms with E-state index in [1.807, 2.05) is 0 Å². The van der Waals surface area contributed by atoms with E-state index < -0.39 is 23.1 Å². The van der Waals surface area contributed by atoms with E-state index in [1.54, 1.807) is 0 Å². The van der Waals surface area contributed by atoms with Gasteiger partial charge in [-0.15, -0.1) is 0 Å². The number of carboxylic acid groups (broad SMARTS) is 1. The highest BCUT2D eigenvalue weighted by atomic mass is 32.2. The number of hydrogen-bond donors (Lipinski definition) is 1. The molecule has 0 saturated carbocycles. The molecular formula is C8H5F3O2S. The van der Waals surface area contributed by atoms with E-state index in [0.29, 0.717) is 11.8 Å². The molecule has 1 aromatic carbocycles. The van der Waals surface area contributed by atoms with Crippen LogP contribution >= 0.6 is 11.8 Å². The molecule has 2 nitrogen and oxygen atoms in total. The SMILES string of the molecule is O=C(O)C(F)Sc1ccc(F)c(F)c1. The number of halogens is 3. The second-order valence-corrected chi connectivity index (χ2v) is 3.47. The maximum absolute atomic E-state index is 12.6. The fourth-order valence-electron chi connectivity index (χ4n) is 0.720. The van der Waals surface area contributed by atoms with Gasteiger partial charge in [-0.3, -0.25) is 0 Å². The topological polar surface area (TPSA) is 37.3 Å². The molecule has 1 unspecified atom stereocenters. The molecule has 1 rings (SSSR count). The Morgan fingerprint density at radius 1 is 1.36 bits per heavy atom. The Morgan fingerprint density at radius 2 is 2.00 bits per heavy atom. The first kappa shape index (κ1) is 10.9. The molecule has 6 heteroatoms. The number of benzene rings is 1. The molecule has 0 aliphatic heterocycles. The highest BCUT2D eigenvalue weighted by Crippen LogP contribution is 2.25. The molecule has 0 aliphatic carbocycles. The molecular weight excluding hydrogens is 217 g/mol. The van der Waals surface area contributed by atoms with Crippen molar-refractivity contribution in [3.05, 3.63) is 29.8 Å². The lowest BCUT2D eigenvalue weighted by Crippen LogP contribution is -2.09. The Labute approximate surface area is 81.7 Å². The van der Waals surface area contributed by atoms with Crippen LogP contribution in [0.5, 0.6) is 0 Å². The summed E-state index contributed by atoms with van der Waals surface area (Å²) in [5.41, 5.74) is -2.18. The number of rotatable bonds is 3. The van der Waals surface area contributed by atoms with Gasteiger partial charge in [0, 0.05) is 4.90 Å². The third kappa shape index (κ3) is 2.66. The number of carbonyl (C=O) groups is 1. The average Bonchev–Trinajstić information content (AvgIpc) is 2.11. The van der Waals surface area contributed by atoms with Crippen LogP contribution in [0, 0.1) is 11.6 Å². The van der Waals surface area contributed by atoms with E-state index in [4.69, 9.17) is 5.11 Å². The Balaban J connectivity index is 2.78. The highest BCUT2D eigenvalue weighted by Gasteiger charge is 2.17. The van der Waals surface area contributed by atoms with Crippen LogP contribution < -0.4 is 0 Å². The van der Waals surface area contributed by atoms with Crippen molar-refractivity contribution >= 4 is 17.7 Å². The quantitative estimate of drug-likeness (QED) is 0.798. The third-order valence-corrected chi connectivity index (χ3v) is 2.26. The van der Waals surface area contributed by atoms with E-state index >= 15 is 0 Å². The van der Waals surface area contributed by atoms with Gasteiger partial charge in [0.15, 0.2) is 11.6 Å². The second-order valence-electron chi connectivity index (χ2n) is 2.35. The van der Waals surface area contributed by atoms with Crippen LogP contribution in [-0.2, 0) is 4.79 Å². The van der Waals surface area contributed by atoms with E-state index in [9.17, 15) is 18.0 Å². The first-order valence-electron chi connectivity index (χ1n) is 3.49.